The second-order valence-electron chi connectivity index (χ2n) is 10.8. The Morgan fingerprint density at radius 3 is 2.45 bits per heavy atom. The van der Waals surface area contributed by atoms with Crippen LogP contribution in [-0.2, 0) is 12.7 Å². The molecule has 3 aromatic rings. The third-order valence-corrected chi connectivity index (χ3v) is 6.97. The van der Waals surface area contributed by atoms with Gasteiger partial charge >= 0.3 is 6.18 Å². The molecule has 1 aliphatic heterocycles. The summed E-state index contributed by atoms with van der Waals surface area (Å²) < 4.78 is 39.1. The summed E-state index contributed by atoms with van der Waals surface area (Å²) in [7, 11) is 3.85. The number of aldehydes is 1. The number of nitrogens with one attached hydrogen (secondary N) is 3. The van der Waals surface area contributed by atoms with Gasteiger partial charge in [-0.2, -0.15) is 13.2 Å². The molecule has 2 heterocycles. The van der Waals surface area contributed by atoms with Crippen LogP contribution in [0.3, 0.4) is 0 Å². The molecule has 12 heteroatoms. The number of hydrogen-bond acceptors (Lipinski definition) is 9. The van der Waals surface area contributed by atoms with E-state index < -0.39 is 11.7 Å². The highest BCUT2D eigenvalue weighted by Crippen LogP contribution is 2.33. The molecule has 9 nitrogen and oxygen atoms in total. The number of anilines is 3. The first-order valence-corrected chi connectivity index (χ1v) is 14.1. The van der Waals surface area contributed by atoms with Crippen molar-refractivity contribution >= 4 is 29.3 Å². The van der Waals surface area contributed by atoms with Crippen LogP contribution in [0.1, 0.15) is 52.0 Å². The van der Waals surface area contributed by atoms with E-state index in [4.69, 9.17) is 11.1 Å². The first-order chi connectivity index (χ1) is 20.8. The van der Waals surface area contributed by atoms with Crippen LogP contribution >= 0.6 is 0 Å². The highest BCUT2D eigenvalue weighted by Gasteiger charge is 2.34. The number of carbonyl (C=O) groups is 1. The second kappa shape index (κ2) is 15.3. The number of carbonyl (C=O) groups excluding carboxylic acids is 1. The molecule has 0 spiro atoms. The smallest absolute Gasteiger partial charge is 0.388 e. The summed E-state index contributed by atoms with van der Waals surface area (Å²) in [5.74, 6) is 6.68. The molecule has 4 rings (SSSR count). The first-order valence-electron chi connectivity index (χ1n) is 14.1. The Hall–Kier alpha value is -4.47. The van der Waals surface area contributed by atoms with Crippen molar-refractivity contribution in [3.63, 3.8) is 0 Å². The lowest BCUT2D eigenvalue weighted by molar-refractivity contribution is -0.138. The van der Waals surface area contributed by atoms with Crippen LogP contribution in [0.15, 0.2) is 42.7 Å². The first kappa shape index (κ1) is 34.0. The van der Waals surface area contributed by atoms with Crippen LogP contribution in [0.5, 0.6) is 0 Å². The zero-order valence-corrected chi connectivity index (χ0v) is 25.6. The summed E-state index contributed by atoms with van der Waals surface area (Å²) in [6.07, 6.45) is -2.61. The van der Waals surface area contributed by atoms with Gasteiger partial charge in [-0.15, -0.1) is 0 Å². The summed E-state index contributed by atoms with van der Waals surface area (Å²) in [6, 6.07) is 9.86. The number of rotatable bonds is 7. The van der Waals surface area contributed by atoms with Crippen LogP contribution in [0.4, 0.5) is 30.5 Å². The van der Waals surface area contributed by atoms with E-state index in [1.807, 2.05) is 58.0 Å². The van der Waals surface area contributed by atoms with Crippen molar-refractivity contribution in [2.24, 2.45) is 0 Å². The highest BCUT2D eigenvalue weighted by molar-refractivity contribution is 6.16. The van der Waals surface area contributed by atoms with Crippen LogP contribution in [0, 0.1) is 24.2 Å². The van der Waals surface area contributed by atoms with Gasteiger partial charge in [0, 0.05) is 62.6 Å². The molecule has 2 aromatic carbocycles. The number of aryl methyl sites for hydroxylation is 1. The molecular formula is C32H39F3N8O. The van der Waals surface area contributed by atoms with Crippen molar-refractivity contribution < 1.29 is 18.0 Å². The molecule has 0 unspecified atom stereocenters. The maximum atomic E-state index is 13.0. The molecule has 0 amide bonds. The fourth-order valence-electron chi connectivity index (χ4n) is 4.45. The Bertz CT molecular complexity index is 1520. The van der Waals surface area contributed by atoms with Crippen molar-refractivity contribution in [1.82, 2.24) is 19.8 Å². The summed E-state index contributed by atoms with van der Waals surface area (Å²) in [5.41, 5.74) is 8.91. The van der Waals surface area contributed by atoms with Crippen LogP contribution < -0.4 is 16.4 Å². The predicted molar refractivity (Wildman–Crippen MR) is 169 cm³/mol. The Kier molecular flexibility index (Phi) is 11.8. The Morgan fingerprint density at radius 1 is 1.14 bits per heavy atom. The van der Waals surface area contributed by atoms with E-state index >= 15 is 0 Å². The van der Waals surface area contributed by atoms with E-state index in [2.05, 4.69) is 37.3 Å². The Morgan fingerprint density at radius 2 is 1.84 bits per heavy atom. The molecule has 0 radical (unpaired) electrons. The number of alkyl halides is 3. The van der Waals surface area contributed by atoms with E-state index in [9.17, 15) is 18.0 Å². The van der Waals surface area contributed by atoms with Gasteiger partial charge in [0.1, 0.15) is 30.0 Å². The summed E-state index contributed by atoms with van der Waals surface area (Å²) in [4.78, 5) is 23.0. The minimum absolute atomic E-state index is 0.0550. The van der Waals surface area contributed by atoms with Gasteiger partial charge in [0.05, 0.1) is 11.1 Å². The van der Waals surface area contributed by atoms with Gasteiger partial charge in [0.2, 0.25) is 0 Å². The fraction of sp³-hybridized carbons (Fsp3) is 0.375. The predicted octanol–water partition coefficient (Wildman–Crippen LogP) is 4.91. The van der Waals surface area contributed by atoms with Gasteiger partial charge in [-0.1, -0.05) is 24.1 Å². The quantitative estimate of drug-likeness (QED) is 0.170. The van der Waals surface area contributed by atoms with Crippen molar-refractivity contribution in [1.29, 1.82) is 5.41 Å². The molecule has 5 N–H and O–H groups in total. The third-order valence-electron chi connectivity index (χ3n) is 6.97. The fourth-order valence-corrected chi connectivity index (χ4v) is 4.45. The molecular weight excluding hydrogens is 569 g/mol. The lowest BCUT2D eigenvalue weighted by atomic mass is 10.0. The molecule has 0 atom stereocenters. The topological polar surface area (TPSA) is 123 Å². The zero-order valence-electron chi connectivity index (χ0n) is 25.6. The van der Waals surface area contributed by atoms with E-state index in [0.717, 1.165) is 49.1 Å². The highest BCUT2D eigenvalue weighted by atomic mass is 19.4. The average Bonchev–Trinajstić information content (AvgIpc) is 2.97. The monoisotopic (exact) mass is 608 g/mol. The molecule has 0 bridgehead atoms. The molecule has 1 aliphatic rings. The van der Waals surface area contributed by atoms with Crippen LogP contribution in [0.25, 0.3) is 0 Å². The number of nitrogens with two attached hydrogens (primary N) is 1. The maximum absolute atomic E-state index is 13.0. The van der Waals surface area contributed by atoms with Crippen molar-refractivity contribution in [2.75, 3.05) is 56.6 Å². The second-order valence-corrected chi connectivity index (χ2v) is 10.8. The average molecular weight is 609 g/mol. The minimum Gasteiger partial charge on any atom is -0.388 e. The van der Waals surface area contributed by atoms with Crippen LogP contribution in [-0.4, -0.2) is 78.1 Å². The van der Waals surface area contributed by atoms with Crippen molar-refractivity contribution in [2.45, 2.75) is 39.5 Å². The molecule has 0 saturated carbocycles. The largest absolute Gasteiger partial charge is 0.416 e. The molecule has 1 fully saturated rings. The molecule has 1 saturated heterocycles. The van der Waals surface area contributed by atoms with Gasteiger partial charge in [0.15, 0.2) is 0 Å². The maximum Gasteiger partial charge on any atom is 0.416 e. The third kappa shape index (κ3) is 9.52. The standard InChI is InChI=1S/C18H22N6.C14H17F3N2O/c1-11(2)24-18-16(17(20)22-10-23-18)15(19)8-6-13-9-14(21-4)7-5-12(13)3;1-18-4-6-19(7-5-18)9-12-3-2-11(10-20)8-13(12)14(15,16)17/h5,7,9-11,19,21H,1-4H3,(H3,20,22,23,24);2-3,8,10H,4-7,9H2,1H3. The lowest BCUT2D eigenvalue weighted by Gasteiger charge is -2.32. The summed E-state index contributed by atoms with van der Waals surface area (Å²) >= 11 is 0. The van der Waals surface area contributed by atoms with E-state index in [0.29, 0.717) is 17.7 Å². The number of likely N-dealkylation sites (N-methyl/N-ethyl adjacent to an activating group) is 1. The molecule has 234 valence electrons. The number of benzene rings is 2. The molecule has 1 aromatic heterocycles. The lowest BCUT2D eigenvalue weighted by Crippen LogP contribution is -2.44. The van der Waals surface area contributed by atoms with E-state index in [-0.39, 0.29) is 35.2 Å². The zero-order chi connectivity index (χ0) is 32.4. The van der Waals surface area contributed by atoms with Gasteiger partial charge in [-0.05, 0) is 63.1 Å². The van der Waals surface area contributed by atoms with Gasteiger partial charge in [-0.3, -0.25) is 15.1 Å². The number of aromatic nitrogens is 2. The number of hydrogen-bond donors (Lipinski definition) is 4. The molecule has 0 aliphatic carbocycles. The van der Waals surface area contributed by atoms with E-state index in [1.165, 1.54) is 18.5 Å². The summed E-state index contributed by atoms with van der Waals surface area (Å²) in [6.45, 7) is 9.45. The number of halogens is 3. The Labute approximate surface area is 256 Å². The minimum atomic E-state index is -4.43. The van der Waals surface area contributed by atoms with Gasteiger partial charge in [-0.25, -0.2) is 9.97 Å². The number of nitrogens with zero attached hydrogens (tertiary/aromatic N) is 4. The van der Waals surface area contributed by atoms with Gasteiger partial charge < -0.3 is 21.3 Å². The van der Waals surface area contributed by atoms with Crippen molar-refractivity contribution in [3.8, 4) is 11.8 Å². The number of piperazine rings is 1. The van der Waals surface area contributed by atoms with E-state index in [1.54, 1.807) is 0 Å². The Balaban J connectivity index is 0.000000244. The SMILES string of the molecule is CN1CCN(Cc2ccc(C=O)cc2C(F)(F)F)CC1.CNc1ccc(C)c(C#CC(=N)c2c(N)ncnc2NC(C)C)c1. The number of nitrogen functional groups attached to an aromatic ring is 1. The normalized spacial score (nSPS) is 13.8. The molecule has 44 heavy (non-hydrogen) atoms. The van der Waals surface area contributed by atoms with Crippen molar-refractivity contribution in [3.05, 3.63) is 76.1 Å². The van der Waals surface area contributed by atoms with Gasteiger partial charge in [0.25, 0.3) is 0 Å². The summed E-state index contributed by atoms with van der Waals surface area (Å²) in [5, 5.41) is 14.5. The van der Waals surface area contributed by atoms with Crippen LogP contribution in [0.2, 0.25) is 0 Å².